The molecule has 1 aliphatic rings. The first-order chi connectivity index (χ1) is 8.11. The lowest BCUT2D eigenvalue weighted by Gasteiger charge is -2.36. The third-order valence-electron chi connectivity index (χ3n) is 2.89. The number of pyridine rings is 1. The summed E-state index contributed by atoms with van der Waals surface area (Å²) in [6, 6.07) is 1.62. The van der Waals surface area contributed by atoms with Crippen molar-refractivity contribution in [1.29, 1.82) is 0 Å². The number of nitrogens with two attached hydrogens (primary N) is 1. The van der Waals surface area contributed by atoms with Gasteiger partial charge in [-0.15, -0.1) is 0 Å². The Hall–Kier alpha value is -1.20. The Labute approximate surface area is 101 Å². The van der Waals surface area contributed by atoms with Crippen molar-refractivity contribution in [3.05, 3.63) is 23.6 Å². The normalized spacial score (nSPS) is 25.1. The second-order valence-electron chi connectivity index (χ2n) is 4.47. The Kier molecular flexibility index (Phi) is 3.59. The number of ether oxygens (including phenoxy) is 1. The zero-order valence-corrected chi connectivity index (χ0v) is 10.2. The summed E-state index contributed by atoms with van der Waals surface area (Å²) in [5, 5.41) is 0. The van der Waals surface area contributed by atoms with Gasteiger partial charge in [-0.25, -0.2) is 9.37 Å². The number of rotatable bonds is 2. The predicted octanol–water partition coefficient (Wildman–Crippen LogP) is 1.29. The second kappa shape index (κ2) is 4.98. The molecule has 0 amide bonds. The molecule has 2 N–H and O–H groups in total. The first-order valence-electron chi connectivity index (χ1n) is 5.85. The van der Waals surface area contributed by atoms with Crippen molar-refractivity contribution >= 4 is 5.82 Å². The number of aromatic nitrogens is 1. The van der Waals surface area contributed by atoms with E-state index in [2.05, 4.69) is 4.98 Å². The number of halogens is 1. The summed E-state index contributed by atoms with van der Waals surface area (Å²) in [5.74, 6) is 0.0752. The molecule has 1 aromatic heterocycles. The molecule has 0 spiro atoms. The van der Waals surface area contributed by atoms with Crippen molar-refractivity contribution in [3.8, 4) is 0 Å². The molecule has 1 saturated heterocycles. The van der Waals surface area contributed by atoms with E-state index in [1.165, 1.54) is 0 Å². The third-order valence-corrected chi connectivity index (χ3v) is 2.89. The van der Waals surface area contributed by atoms with Gasteiger partial charge in [0.1, 0.15) is 0 Å². The minimum Gasteiger partial charge on any atom is -0.372 e. The van der Waals surface area contributed by atoms with Gasteiger partial charge in [0.05, 0.1) is 12.2 Å². The predicted molar refractivity (Wildman–Crippen MR) is 64.3 cm³/mol. The van der Waals surface area contributed by atoms with Gasteiger partial charge >= 0.3 is 0 Å². The lowest BCUT2D eigenvalue weighted by molar-refractivity contribution is -0.00565. The molecule has 2 rings (SSSR count). The molecule has 2 atom stereocenters. The summed E-state index contributed by atoms with van der Waals surface area (Å²) in [6.45, 7) is 5.46. The van der Waals surface area contributed by atoms with Gasteiger partial charge in [-0.1, -0.05) is 0 Å². The molecule has 4 nitrogen and oxygen atoms in total. The van der Waals surface area contributed by atoms with Crippen molar-refractivity contribution in [2.45, 2.75) is 32.6 Å². The molecule has 5 heteroatoms. The van der Waals surface area contributed by atoms with Crippen molar-refractivity contribution in [2.24, 2.45) is 5.73 Å². The first kappa shape index (κ1) is 12.3. The molecule has 0 saturated carbocycles. The smallest absolute Gasteiger partial charge is 0.170 e. The minimum atomic E-state index is -0.309. The molecule has 0 bridgehead atoms. The zero-order valence-electron chi connectivity index (χ0n) is 10.2. The van der Waals surface area contributed by atoms with Crippen molar-refractivity contribution < 1.29 is 9.13 Å². The van der Waals surface area contributed by atoms with E-state index < -0.39 is 0 Å². The fourth-order valence-corrected chi connectivity index (χ4v) is 2.20. The van der Waals surface area contributed by atoms with Gasteiger partial charge in [0.2, 0.25) is 0 Å². The largest absolute Gasteiger partial charge is 0.372 e. The summed E-state index contributed by atoms with van der Waals surface area (Å²) in [5.41, 5.74) is 5.99. The van der Waals surface area contributed by atoms with Crippen LogP contribution in [0.2, 0.25) is 0 Å². The maximum Gasteiger partial charge on any atom is 0.170 e. The van der Waals surface area contributed by atoms with E-state index in [4.69, 9.17) is 10.5 Å². The van der Waals surface area contributed by atoms with Gasteiger partial charge in [-0.2, -0.15) is 0 Å². The number of hydrogen-bond donors (Lipinski definition) is 1. The van der Waals surface area contributed by atoms with Crippen LogP contribution in [-0.2, 0) is 11.3 Å². The second-order valence-corrected chi connectivity index (χ2v) is 4.47. The van der Waals surface area contributed by atoms with E-state index >= 15 is 0 Å². The van der Waals surface area contributed by atoms with Gasteiger partial charge in [-0.3, -0.25) is 0 Å². The molecule has 0 radical (unpaired) electrons. The Morgan fingerprint density at radius 2 is 2.12 bits per heavy atom. The first-order valence-corrected chi connectivity index (χ1v) is 5.85. The average molecular weight is 239 g/mol. The monoisotopic (exact) mass is 239 g/mol. The van der Waals surface area contributed by atoms with Gasteiger partial charge in [0.25, 0.3) is 0 Å². The lowest BCUT2D eigenvalue weighted by Crippen LogP contribution is -2.46. The van der Waals surface area contributed by atoms with Gasteiger partial charge in [0, 0.05) is 31.4 Å². The molecular weight excluding hydrogens is 221 g/mol. The highest BCUT2D eigenvalue weighted by Gasteiger charge is 2.25. The SMILES string of the molecule is CC1CN(c2nccc(CN)c2F)CC(C)O1. The maximum absolute atomic E-state index is 14.1. The Morgan fingerprint density at radius 1 is 1.47 bits per heavy atom. The van der Waals surface area contributed by atoms with E-state index in [9.17, 15) is 4.39 Å². The Bertz CT molecular complexity index is 389. The van der Waals surface area contributed by atoms with Gasteiger partial charge in [0.15, 0.2) is 11.6 Å². The van der Waals surface area contributed by atoms with E-state index in [-0.39, 0.29) is 24.6 Å². The van der Waals surface area contributed by atoms with E-state index in [0.717, 1.165) is 0 Å². The molecular formula is C12H18FN3O. The summed E-state index contributed by atoms with van der Waals surface area (Å²) in [7, 11) is 0. The lowest BCUT2D eigenvalue weighted by atomic mass is 10.2. The van der Waals surface area contributed by atoms with Crippen LogP contribution in [-0.4, -0.2) is 30.3 Å². The van der Waals surface area contributed by atoms with Crippen LogP contribution < -0.4 is 10.6 Å². The van der Waals surface area contributed by atoms with Crippen molar-refractivity contribution in [1.82, 2.24) is 4.98 Å². The molecule has 1 fully saturated rings. The standard InChI is InChI=1S/C12H18FN3O/c1-8-6-16(7-9(2)17-8)12-11(13)10(5-14)3-4-15-12/h3-4,8-9H,5-7,14H2,1-2H3. The van der Waals surface area contributed by atoms with E-state index in [1.54, 1.807) is 12.3 Å². The van der Waals surface area contributed by atoms with Crippen LogP contribution in [0.1, 0.15) is 19.4 Å². The minimum absolute atomic E-state index is 0.0847. The van der Waals surface area contributed by atoms with Crippen LogP contribution in [0.3, 0.4) is 0 Å². The zero-order chi connectivity index (χ0) is 12.4. The molecule has 94 valence electrons. The Morgan fingerprint density at radius 3 is 2.71 bits per heavy atom. The van der Waals surface area contributed by atoms with Crippen LogP contribution in [0.4, 0.5) is 10.2 Å². The topological polar surface area (TPSA) is 51.4 Å². The van der Waals surface area contributed by atoms with Crippen molar-refractivity contribution in [3.63, 3.8) is 0 Å². The molecule has 2 heterocycles. The average Bonchev–Trinajstić information content (AvgIpc) is 2.28. The summed E-state index contributed by atoms with van der Waals surface area (Å²) in [4.78, 5) is 6.04. The van der Waals surface area contributed by atoms with Crippen molar-refractivity contribution in [2.75, 3.05) is 18.0 Å². The van der Waals surface area contributed by atoms with Crippen LogP contribution in [0, 0.1) is 5.82 Å². The number of nitrogens with zero attached hydrogens (tertiary/aromatic N) is 2. The summed E-state index contributed by atoms with van der Waals surface area (Å²) in [6.07, 6.45) is 1.77. The van der Waals surface area contributed by atoms with E-state index in [1.807, 2.05) is 18.7 Å². The summed E-state index contributed by atoms with van der Waals surface area (Å²) < 4.78 is 19.7. The molecule has 2 unspecified atom stereocenters. The molecule has 0 aliphatic carbocycles. The molecule has 1 aromatic rings. The molecule has 0 aromatic carbocycles. The third kappa shape index (κ3) is 2.56. The van der Waals surface area contributed by atoms with Gasteiger partial charge in [-0.05, 0) is 19.9 Å². The van der Waals surface area contributed by atoms with E-state index in [0.29, 0.717) is 24.5 Å². The molecule has 1 aliphatic heterocycles. The van der Waals surface area contributed by atoms with Crippen LogP contribution in [0.25, 0.3) is 0 Å². The van der Waals surface area contributed by atoms with Gasteiger partial charge < -0.3 is 15.4 Å². The highest BCUT2D eigenvalue weighted by atomic mass is 19.1. The number of morpholine rings is 1. The Balaban J connectivity index is 2.27. The fourth-order valence-electron chi connectivity index (χ4n) is 2.20. The molecule has 17 heavy (non-hydrogen) atoms. The van der Waals surface area contributed by atoms with Crippen LogP contribution in [0.5, 0.6) is 0 Å². The maximum atomic E-state index is 14.1. The van der Waals surface area contributed by atoms with Crippen LogP contribution >= 0.6 is 0 Å². The summed E-state index contributed by atoms with van der Waals surface area (Å²) >= 11 is 0. The highest BCUT2D eigenvalue weighted by molar-refractivity contribution is 5.43. The fraction of sp³-hybridized carbons (Fsp3) is 0.583. The quantitative estimate of drug-likeness (QED) is 0.845. The highest BCUT2D eigenvalue weighted by Crippen LogP contribution is 2.23. The van der Waals surface area contributed by atoms with Crippen LogP contribution in [0.15, 0.2) is 12.3 Å². The number of anilines is 1. The number of hydrogen-bond acceptors (Lipinski definition) is 4.